The minimum Gasteiger partial charge on any atom is -0.294 e. The molecule has 0 fully saturated rings. The smallest absolute Gasteiger partial charge is 0.169 e. The molecule has 1 heterocycles. The second-order valence-electron chi connectivity index (χ2n) is 4.31. The minimum atomic E-state index is 0.0608. The highest BCUT2D eigenvalue weighted by molar-refractivity contribution is 7.11. The Labute approximate surface area is 116 Å². The van der Waals surface area contributed by atoms with Crippen LogP contribution in [0.4, 0.5) is 0 Å². The number of Topliss-reactive ketones (excluding diaryl/α,β-unsaturated/α-hetero) is 1. The lowest BCUT2D eigenvalue weighted by molar-refractivity contribution is 0.0993. The summed E-state index contributed by atoms with van der Waals surface area (Å²) in [5.41, 5.74) is 2.63. The van der Waals surface area contributed by atoms with E-state index in [2.05, 4.69) is 4.98 Å². The van der Waals surface area contributed by atoms with E-state index in [0.29, 0.717) is 17.0 Å². The second kappa shape index (κ2) is 5.21. The van der Waals surface area contributed by atoms with E-state index in [-0.39, 0.29) is 5.78 Å². The lowest BCUT2D eigenvalue weighted by Crippen LogP contribution is -2.03. The summed E-state index contributed by atoms with van der Waals surface area (Å²) in [6.07, 6.45) is 0.346. The normalized spacial score (nSPS) is 10.7. The summed E-state index contributed by atoms with van der Waals surface area (Å²) in [4.78, 5) is 17.7. The van der Waals surface area contributed by atoms with E-state index in [0.717, 1.165) is 16.3 Å². The molecule has 0 aliphatic carbocycles. The zero-order valence-electron chi connectivity index (χ0n) is 10.6. The average Bonchev–Trinajstić information content (AvgIpc) is 2.61. The first kappa shape index (κ1) is 13.2. The van der Waals surface area contributed by atoms with Crippen LogP contribution in [0.1, 0.15) is 31.5 Å². The quantitative estimate of drug-likeness (QED) is 0.790. The van der Waals surface area contributed by atoms with Crippen molar-refractivity contribution in [2.75, 3.05) is 0 Å². The molecule has 0 aliphatic rings. The molecule has 2 aromatic rings. The van der Waals surface area contributed by atoms with Crippen molar-refractivity contribution in [1.82, 2.24) is 4.98 Å². The van der Waals surface area contributed by atoms with Crippen molar-refractivity contribution in [3.05, 3.63) is 49.9 Å². The average molecular weight is 280 g/mol. The largest absolute Gasteiger partial charge is 0.294 e. The Bertz CT molecular complexity index is 584. The van der Waals surface area contributed by atoms with Crippen molar-refractivity contribution in [1.29, 1.82) is 0 Å². The summed E-state index contributed by atoms with van der Waals surface area (Å²) >= 11 is 7.60. The molecule has 0 spiro atoms. The maximum atomic E-state index is 12.1. The van der Waals surface area contributed by atoms with Crippen LogP contribution in [-0.4, -0.2) is 10.8 Å². The van der Waals surface area contributed by atoms with Crippen LogP contribution in [-0.2, 0) is 6.42 Å². The van der Waals surface area contributed by atoms with Crippen molar-refractivity contribution < 1.29 is 4.79 Å². The van der Waals surface area contributed by atoms with Crippen LogP contribution in [0.5, 0.6) is 0 Å². The molecule has 0 saturated heterocycles. The number of nitrogens with zero attached hydrogens (tertiary/aromatic N) is 1. The molecule has 0 aliphatic heterocycles. The zero-order valence-corrected chi connectivity index (χ0v) is 12.2. The van der Waals surface area contributed by atoms with E-state index in [1.54, 1.807) is 17.4 Å². The molecule has 2 rings (SSSR count). The number of hydrogen-bond donors (Lipinski definition) is 0. The number of aryl methyl sites for hydroxylation is 3. The van der Waals surface area contributed by atoms with Crippen molar-refractivity contribution in [3.63, 3.8) is 0 Å². The first-order chi connectivity index (χ1) is 8.47. The SMILES string of the molecule is Cc1ccc(C(=O)Cc2nc(C)c(C)s2)cc1Cl. The van der Waals surface area contributed by atoms with Crippen LogP contribution in [0.25, 0.3) is 0 Å². The van der Waals surface area contributed by atoms with Gasteiger partial charge in [0.25, 0.3) is 0 Å². The van der Waals surface area contributed by atoms with Gasteiger partial charge in [-0.3, -0.25) is 4.79 Å². The number of carbonyl (C=O) groups excluding carboxylic acids is 1. The van der Waals surface area contributed by atoms with E-state index in [1.807, 2.05) is 32.9 Å². The van der Waals surface area contributed by atoms with Crippen LogP contribution in [0.3, 0.4) is 0 Å². The van der Waals surface area contributed by atoms with Gasteiger partial charge in [0.15, 0.2) is 5.78 Å². The Hall–Kier alpha value is -1.19. The van der Waals surface area contributed by atoms with Gasteiger partial charge in [-0.25, -0.2) is 4.98 Å². The monoisotopic (exact) mass is 279 g/mol. The molecule has 1 aromatic carbocycles. The van der Waals surface area contributed by atoms with Crippen molar-refractivity contribution in [3.8, 4) is 0 Å². The summed E-state index contributed by atoms with van der Waals surface area (Å²) in [6.45, 7) is 5.90. The zero-order chi connectivity index (χ0) is 13.3. The van der Waals surface area contributed by atoms with Crippen molar-refractivity contribution >= 4 is 28.7 Å². The Balaban J connectivity index is 2.19. The number of thiazole rings is 1. The molecule has 2 nitrogen and oxygen atoms in total. The molecule has 0 atom stereocenters. The molecule has 18 heavy (non-hydrogen) atoms. The molecule has 1 aromatic heterocycles. The van der Waals surface area contributed by atoms with Crippen molar-refractivity contribution in [2.24, 2.45) is 0 Å². The predicted octanol–water partition coefficient (Wildman–Crippen LogP) is 4.15. The van der Waals surface area contributed by atoms with E-state index in [1.165, 1.54) is 4.88 Å². The first-order valence-electron chi connectivity index (χ1n) is 5.69. The molecular weight excluding hydrogens is 266 g/mol. The van der Waals surface area contributed by atoms with Gasteiger partial charge in [0.1, 0.15) is 5.01 Å². The summed E-state index contributed by atoms with van der Waals surface area (Å²) in [5.74, 6) is 0.0608. The van der Waals surface area contributed by atoms with Gasteiger partial charge in [0.05, 0.1) is 12.1 Å². The number of aromatic nitrogens is 1. The Morgan fingerprint density at radius 1 is 1.33 bits per heavy atom. The van der Waals surface area contributed by atoms with E-state index in [9.17, 15) is 4.79 Å². The highest BCUT2D eigenvalue weighted by Gasteiger charge is 2.12. The Morgan fingerprint density at radius 2 is 2.06 bits per heavy atom. The van der Waals surface area contributed by atoms with Gasteiger partial charge in [-0.2, -0.15) is 0 Å². The Morgan fingerprint density at radius 3 is 2.61 bits per heavy atom. The molecular formula is C14H14ClNOS. The highest BCUT2D eigenvalue weighted by atomic mass is 35.5. The van der Waals surface area contributed by atoms with Crippen LogP contribution in [0.15, 0.2) is 18.2 Å². The third-order valence-corrected chi connectivity index (χ3v) is 4.36. The van der Waals surface area contributed by atoms with E-state index < -0.39 is 0 Å². The summed E-state index contributed by atoms with van der Waals surface area (Å²) in [6, 6.07) is 5.41. The molecule has 0 unspecified atom stereocenters. The topological polar surface area (TPSA) is 30.0 Å². The Kier molecular flexibility index (Phi) is 3.83. The maximum Gasteiger partial charge on any atom is 0.169 e. The molecule has 0 amide bonds. The van der Waals surface area contributed by atoms with Crippen LogP contribution < -0.4 is 0 Å². The highest BCUT2D eigenvalue weighted by Crippen LogP contribution is 2.21. The predicted molar refractivity (Wildman–Crippen MR) is 75.8 cm³/mol. The fourth-order valence-corrected chi connectivity index (χ4v) is 2.73. The summed E-state index contributed by atoms with van der Waals surface area (Å²) < 4.78 is 0. The minimum absolute atomic E-state index is 0.0608. The number of benzene rings is 1. The van der Waals surface area contributed by atoms with Crippen LogP contribution >= 0.6 is 22.9 Å². The lowest BCUT2D eigenvalue weighted by atomic mass is 10.1. The number of hydrogen-bond acceptors (Lipinski definition) is 3. The van der Waals surface area contributed by atoms with Crippen LogP contribution in [0.2, 0.25) is 5.02 Å². The molecule has 94 valence electrons. The standard InChI is InChI=1S/C14H14ClNOS/c1-8-4-5-11(6-12(8)15)13(17)7-14-16-9(2)10(3)18-14/h4-6H,7H2,1-3H3. The van der Waals surface area contributed by atoms with Gasteiger partial charge >= 0.3 is 0 Å². The van der Waals surface area contributed by atoms with Gasteiger partial charge in [-0.15, -0.1) is 11.3 Å². The molecule has 0 N–H and O–H groups in total. The van der Waals surface area contributed by atoms with Gasteiger partial charge < -0.3 is 0 Å². The number of rotatable bonds is 3. The molecule has 0 saturated carbocycles. The lowest BCUT2D eigenvalue weighted by Gasteiger charge is -2.02. The first-order valence-corrected chi connectivity index (χ1v) is 6.89. The third kappa shape index (κ3) is 2.79. The fraction of sp³-hybridized carbons (Fsp3) is 0.286. The van der Waals surface area contributed by atoms with Gasteiger partial charge in [0, 0.05) is 15.5 Å². The van der Waals surface area contributed by atoms with Crippen LogP contribution in [0, 0.1) is 20.8 Å². The number of ketones is 1. The molecule has 0 bridgehead atoms. The number of carbonyl (C=O) groups is 1. The third-order valence-electron chi connectivity index (χ3n) is 2.88. The molecule has 4 heteroatoms. The number of halogens is 1. The van der Waals surface area contributed by atoms with Gasteiger partial charge in [-0.05, 0) is 32.4 Å². The summed E-state index contributed by atoms with van der Waals surface area (Å²) in [5, 5.41) is 1.50. The van der Waals surface area contributed by atoms with E-state index in [4.69, 9.17) is 11.6 Å². The fourth-order valence-electron chi connectivity index (χ4n) is 1.62. The molecule has 0 radical (unpaired) electrons. The van der Waals surface area contributed by atoms with Crippen molar-refractivity contribution in [2.45, 2.75) is 27.2 Å². The van der Waals surface area contributed by atoms with Gasteiger partial charge in [0.2, 0.25) is 0 Å². The maximum absolute atomic E-state index is 12.1. The van der Waals surface area contributed by atoms with E-state index >= 15 is 0 Å². The summed E-state index contributed by atoms with van der Waals surface area (Å²) in [7, 11) is 0. The second-order valence-corrected chi connectivity index (χ2v) is 6.01. The van der Waals surface area contributed by atoms with Gasteiger partial charge in [-0.1, -0.05) is 23.7 Å².